The van der Waals surface area contributed by atoms with Crippen LogP contribution in [0.1, 0.15) is 17.0 Å². The van der Waals surface area contributed by atoms with Crippen LogP contribution >= 0.6 is 0 Å². The van der Waals surface area contributed by atoms with Crippen LogP contribution in [-0.4, -0.2) is 72.3 Å². The average Bonchev–Trinajstić information content (AvgIpc) is 3.31. The zero-order valence-corrected chi connectivity index (χ0v) is 16.2. The van der Waals surface area contributed by atoms with Crippen LogP contribution in [0.3, 0.4) is 0 Å². The maximum atomic E-state index is 10.3. The van der Waals surface area contributed by atoms with Gasteiger partial charge in [-0.05, 0) is 24.6 Å². The van der Waals surface area contributed by atoms with E-state index in [1.165, 1.54) is 0 Å². The summed E-state index contributed by atoms with van der Waals surface area (Å²) >= 11 is 0. The Hall–Kier alpha value is -2.13. The minimum atomic E-state index is -0.502. The highest BCUT2D eigenvalue weighted by molar-refractivity contribution is 5.44. The van der Waals surface area contributed by atoms with Crippen molar-refractivity contribution in [2.24, 2.45) is 0 Å². The number of rotatable bonds is 8. The molecule has 152 valence electrons. The summed E-state index contributed by atoms with van der Waals surface area (Å²) in [5.41, 5.74) is 1.92. The molecule has 8 heteroatoms. The number of nitrogens with zero attached hydrogens (tertiary/aromatic N) is 3. The Morgan fingerprint density at radius 1 is 1.11 bits per heavy atom. The normalized spacial score (nSPS) is 18.5. The lowest BCUT2D eigenvalue weighted by atomic mass is 10.2. The fourth-order valence-corrected chi connectivity index (χ4v) is 3.54. The molecule has 1 aromatic heterocycles. The third-order valence-electron chi connectivity index (χ3n) is 5.01. The number of aliphatic hydroxyl groups is 1. The predicted molar refractivity (Wildman–Crippen MR) is 101 cm³/mol. The number of fused-ring (bicyclic) bond motifs is 1. The smallest absolute Gasteiger partial charge is 0.231 e. The minimum Gasteiger partial charge on any atom is -0.454 e. The van der Waals surface area contributed by atoms with E-state index in [1.54, 1.807) is 0 Å². The number of aliphatic hydroxyl groups excluding tert-OH is 1. The van der Waals surface area contributed by atoms with E-state index in [-0.39, 0.29) is 6.79 Å². The van der Waals surface area contributed by atoms with Gasteiger partial charge >= 0.3 is 0 Å². The number of ether oxygens (including phenoxy) is 3. The number of hydrogen-bond donors (Lipinski definition) is 1. The Balaban J connectivity index is 1.13. The van der Waals surface area contributed by atoms with Gasteiger partial charge in [0.25, 0.3) is 0 Å². The van der Waals surface area contributed by atoms with E-state index < -0.39 is 6.10 Å². The molecule has 2 aliphatic rings. The van der Waals surface area contributed by atoms with Crippen LogP contribution in [0.2, 0.25) is 0 Å². The number of benzene rings is 1. The Bertz CT molecular complexity index is 773. The molecule has 1 atom stereocenters. The van der Waals surface area contributed by atoms with E-state index in [0.29, 0.717) is 19.8 Å². The fourth-order valence-electron chi connectivity index (χ4n) is 3.54. The van der Waals surface area contributed by atoms with Crippen LogP contribution in [0.5, 0.6) is 11.5 Å². The van der Waals surface area contributed by atoms with Crippen molar-refractivity contribution >= 4 is 0 Å². The summed E-state index contributed by atoms with van der Waals surface area (Å²) in [6.45, 7) is 8.11. The summed E-state index contributed by atoms with van der Waals surface area (Å²) in [6, 6.07) is 7.74. The topological polar surface area (TPSA) is 80.4 Å². The number of piperazine rings is 1. The standard InChI is InChI=1S/C20H27N3O5/c1-15-8-18(28-21-15)11-23-6-4-22(5-7-23)10-17(24)13-25-12-16-2-3-19-20(9-16)27-14-26-19/h2-3,8-9,17,24H,4-7,10-14H2,1H3. The van der Waals surface area contributed by atoms with E-state index in [0.717, 1.165) is 61.2 Å². The molecule has 2 aromatic rings. The predicted octanol–water partition coefficient (Wildman–Crippen LogP) is 1.41. The maximum absolute atomic E-state index is 10.3. The van der Waals surface area contributed by atoms with Crippen molar-refractivity contribution in [1.29, 1.82) is 0 Å². The van der Waals surface area contributed by atoms with Crippen molar-refractivity contribution in [2.75, 3.05) is 46.1 Å². The van der Waals surface area contributed by atoms with E-state index in [9.17, 15) is 5.11 Å². The Morgan fingerprint density at radius 2 is 1.89 bits per heavy atom. The second-order valence-corrected chi connectivity index (χ2v) is 7.37. The molecule has 0 aliphatic carbocycles. The first-order chi connectivity index (χ1) is 13.7. The molecule has 3 heterocycles. The third kappa shape index (κ3) is 5.02. The zero-order valence-electron chi connectivity index (χ0n) is 16.2. The first-order valence-corrected chi connectivity index (χ1v) is 9.67. The minimum absolute atomic E-state index is 0.268. The van der Waals surface area contributed by atoms with Gasteiger partial charge in [-0.15, -0.1) is 0 Å². The molecule has 0 bridgehead atoms. The number of hydrogen-bond acceptors (Lipinski definition) is 8. The second kappa shape index (κ2) is 8.91. The lowest BCUT2D eigenvalue weighted by molar-refractivity contribution is 0.000351. The Morgan fingerprint density at radius 3 is 2.68 bits per heavy atom. The highest BCUT2D eigenvalue weighted by Crippen LogP contribution is 2.32. The Kier molecular flexibility index (Phi) is 6.11. The van der Waals surface area contributed by atoms with Gasteiger partial charge in [0, 0.05) is 38.8 Å². The summed E-state index contributed by atoms with van der Waals surface area (Å²) in [7, 11) is 0. The van der Waals surface area contributed by atoms with Crippen molar-refractivity contribution in [1.82, 2.24) is 15.0 Å². The molecular weight excluding hydrogens is 362 g/mol. The maximum Gasteiger partial charge on any atom is 0.231 e. The van der Waals surface area contributed by atoms with Gasteiger partial charge < -0.3 is 23.8 Å². The molecule has 1 fully saturated rings. The van der Waals surface area contributed by atoms with Crippen LogP contribution in [0.4, 0.5) is 0 Å². The largest absolute Gasteiger partial charge is 0.454 e. The molecule has 4 rings (SSSR count). The van der Waals surface area contributed by atoms with Crippen molar-refractivity contribution in [2.45, 2.75) is 26.2 Å². The molecule has 0 saturated carbocycles. The molecule has 2 aliphatic heterocycles. The van der Waals surface area contributed by atoms with Gasteiger partial charge in [0.05, 0.1) is 31.6 Å². The SMILES string of the molecule is Cc1cc(CN2CCN(CC(O)COCc3ccc4c(c3)OCO4)CC2)on1. The van der Waals surface area contributed by atoms with E-state index >= 15 is 0 Å². The highest BCUT2D eigenvalue weighted by atomic mass is 16.7. The van der Waals surface area contributed by atoms with E-state index in [4.69, 9.17) is 18.7 Å². The molecule has 28 heavy (non-hydrogen) atoms. The van der Waals surface area contributed by atoms with Gasteiger partial charge in [-0.3, -0.25) is 9.80 Å². The lowest BCUT2D eigenvalue weighted by Crippen LogP contribution is -2.48. The quantitative estimate of drug-likeness (QED) is 0.726. The molecule has 0 amide bonds. The van der Waals surface area contributed by atoms with Crippen LogP contribution < -0.4 is 9.47 Å². The lowest BCUT2D eigenvalue weighted by Gasteiger charge is -2.35. The van der Waals surface area contributed by atoms with Crippen molar-refractivity contribution in [3.63, 3.8) is 0 Å². The van der Waals surface area contributed by atoms with Crippen LogP contribution in [0.15, 0.2) is 28.8 Å². The summed E-state index contributed by atoms with van der Waals surface area (Å²) in [5, 5.41) is 14.2. The average molecular weight is 389 g/mol. The van der Waals surface area contributed by atoms with Gasteiger partial charge in [0.1, 0.15) is 0 Å². The Labute approximate surface area is 164 Å². The summed E-state index contributed by atoms with van der Waals surface area (Å²) in [6.07, 6.45) is -0.502. The van der Waals surface area contributed by atoms with Crippen molar-refractivity contribution < 1.29 is 23.8 Å². The molecule has 1 unspecified atom stereocenters. The van der Waals surface area contributed by atoms with Gasteiger partial charge in [0.15, 0.2) is 17.3 Å². The van der Waals surface area contributed by atoms with Gasteiger partial charge in [-0.1, -0.05) is 11.2 Å². The molecule has 1 saturated heterocycles. The fraction of sp³-hybridized carbons (Fsp3) is 0.550. The molecule has 1 aromatic carbocycles. The molecular formula is C20H27N3O5. The first kappa shape index (κ1) is 19.2. The third-order valence-corrected chi connectivity index (χ3v) is 5.01. The van der Waals surface area contributed by atoms with Gasteiger partial charge in [-0.2, -0.15) is 0 Å². The van der Waals surface area contributed by atoms with Crippen molar-refractivity contribution in [3.05, 3.63) is 41.3 Å². The van der Waals surface area contributed by atoms with Crippen LogP contribution in [-0.2, 0) is 17.9 Å². The zero-order chi connectivity index (χ0) is 19.3. The van der Waals surface area contributed by atoms with Crippen LogP contribution in [0.25, 0.3) is 0 Å². The van der Waals surface area contributed by atoms with Crippen LogP contribution in [0, 0.1) is 6.92 Å². The first-order valence-electron chi connectivity index (χ1n) is 9.67. The number of aromatic nitrogens is 1. The summed E-state index contributed by atoms with van der Waals surface area (Å²) in [5.74, 6) is 2.42. The summed E-state index contributed by atoms with van der Waals surface area (Å²) in [4.78, 5) is 4.62. The highest BCUT2D eigenvalue weighted by Gasteiger charge is 2.20. The van der Waals surface area contributed by atoms with Crippen molar-refractivity contribution in [3.8, 4) is 11.5 Å². The number of β-amino-alcohol motifs (C(OH)–C–C–N with tert-alkyl or cyclic N) is 1. The second-order valence-electron chi connectivity index (χ2n) is 7.37. The van der Waals surface area contributed by atoms with Gasteiger partial charge in [0.2, 0.25) is 6.79 Å². The molecule has 0 spiro atoms. The molecule has 1 N–H and O–H groups in total. The van der Waals surface area contributed by atoms with E-state index in [1.807, 2.05) is 31.2 Å². The monoisotopic (exact) mass is 389 g/mol. The molecule has 8 nitrogen and oxygen atoms in total. The van der Waals surface area contributed by atoms with E-state index in [2.05, 4.69) is 15.0 Å². The summed E-state index contributed by atoms with van der Waals surface area (Å²) < 4.78 is 21.6. The molecule has 0 radical (unpaired) electrons. The van der Waals surface area contributed by atoms with Gasteiger partial charge in [-0.25, -0.2) is 0 Å². The number of aryl methyl sites for hydroxylation is 1.